The van der Waals surface area contributed by atoms with Gasteiger partial charge in [0.2, 0.25) is 11.8 Å². The summed E-state index contributed by atoms with van der Waals surface area (Å²) in [6.45, 7) is 0.343. The van der Waals surface area contributed by atoms with Crippen molar-refractivity contribution in [3.8, 4) is 0 Å². The highest BCUT2D eigenvalue weighted by atomic mass is 16.2. The zero-order valence-corrected chi connectivity index (χ0v) is 14.9. The average Bonchev–Trinajstić information content (AvgIpc) is 3.15. The van der Waals surface area contributed by atoms with E-state index < -0.39 is 0 Å². The van der Waals surface area contributed by atoms with Crippen molar-refractivity contribution >= 4 is 17.5 Å². The molecule has 1 saturated carbocycles. The van der Waals surface area contributed by atoms with E-state index in [-0.39, 0.29) is 24.7 Å². The predicted octanol–water partition coefficient (Wildman–Crippen LogP) is 2.82. The number of nitrogens with one attached hydrogen (secondary N) is 2. The van der Waals surface area contributed by atoms with Gasteiger partial charge in [-0.15, -0.1) is 10.2 Å². The third-order valence-corrected chi connectivity index (χ3v) is 4.70. The van der Waals surface area contributed by atoms with E-state index in [1.165, 1.54) is 19.3 Å². The second-order valence-electron chi connectivity index (χ2n) is 6.64. The molecule has 1 heterocycles. The van der Waals surface area contributed by atoms with Gasteiger partial charge in [-0.25, -0.2) is 0 Å². The fraction of sp³-hybridized carbons (Fsp3) is 0.474. The Bertz CT molecular complexity index is 723. The lowest BCUT2D eigenvalue weighted by Crippen LogP contribution is -2.27. The van der Waals surface area contributed by atoms with Gasteiger partial charge in [0.15, 0.2) is 5.82 Å². The highest BCUT2D eigenvalue weighted by molar-refractivity contribution is 5.93. The second-order valence-corrected chi connectivity index (χ2v) is 6.64. The van der Waals surface area contributed by atoms with E-state index in [4.69, 9.17) is 0 Å². The molecular weight excluding hydrogens is 330 g/mol. The molecule has 1 fully saturated rings. The molecule has 0 radical (unpaired) electrons. The fourth-order valence-corrected chi connectivity index (χ4v) is 3.30. The van der Waals surface area contributed by atoms with Crippen LogP contribution in [-0.2, 0) is 16.1 Å². The van der Waals surface area contributed by atoms with Gasteiger partial charge in [-0.05, 0) is 25.0 Å². The summed E-state index contributed by atoms with van der Waals surface area (Å²) in [7, 11) is 0. The minimum atomic E-state index is -0.170. The number of amides is 2. The standard InChI is InChI=1S/C19H25N5O2/c25-18(11-12-19(26)22-15-7-3-1-4-8-15)20-13-17-23-21-14-24(17)16-9-5-2-6-10-16/h1,3-4,7-8,14,16H,2,5-6,9-13H2,(H,20,25)(H,22,26). The number of aromatic nitrogens is 3. The summed E-state index contributed by atoms with van der Waals surface area (Å²) in [5.41, 5.74) is 0.735. The third kappa shape index (κ3) is 5.15. The zero-order valence-electron chi connectivity index (χ0n) is 14.9. The number of hydrogen-bond acceptors (Lipinski definition) is 4. The van der Waals surface area contributed by atoms with Crippen LogP contribution in [0.15, 0.2) is 36.7 Å². The molecule has 0 unspecified atom stereocenters. The van der Waals surface area contributed by atoms with Gasteiger partial charge < -0.3 is 15.2 Å². The number of carbonyl (C=O) groups is 2. The Labute approximate surface area is 153 Å². The maximum absolute atomic E-state index is 12.0. The Morgan fingerprint density at radius 3 is 2.54 bits per heavy atom. The number of carbonyl (C=O) groups excluding carboxylic acids is 2. The van der Waals surface area contributed by atoms with E-state index in [0.29, 0.717) is 12.6 Å². The molecule has 26 heavy (non-hydrogen) atoms. The molecule has 138 valence electrons. The molecule has 1 aromatic carbocycles. The summed E-state index contributed by atoms with van der Waals surface area (Å²) in [5, 5.41) is 13.7. The highest BCUT2D eigenvalue weighted by Gasteiger charge is 2.18. The molecule has 0 atom stereocenters. The first kappa shape index (κ1) is 18.1. The Morgan fingerprint density at radius 2 is 1.77 bits per heavy atom. The Balaban J connectivity index is 1.42. The van der Waals surface area contributed by atoms with Crippen LogP contribution in [0.5, 0.6) is 0 Å². The summed E-state index contributed by atoms with van der Waals surface area (Å²) in [6, 6.07) is 9.65. The molecule has 0 aliphatic heterocycles. The van der Waals surface area contributed by atoms with E-state index >= 15 is 0 Å². The van der Waals surface area contributed by atoms with Crippen molar-refractivity contribution in [2.45, 2.75) is 57.5 Å². The van der Waals surface area contributed by atoms with E-state index in [1.54, 1.807) is 6.33 Å². The maximum atomic E-state index is 12.0. The molecule has 0 spiro atoms. The summed E-state index contributed by atoms with van der Waals surface area (Å²) >= 11 is 0. The second kappa shape index (κ2) is 9.12. The minimum Gasteiger partial charge on any atom is -0.349 e. The number of hydrogen-bond donors (Lipinski definition) is 2. The molecule has 2 N–H and O–H groups in total. The van der Waals surface area contributed by atoms with Crippen LogP contribution in [0.4, 0.5) is 5.69 Å². The SMILES string of the molecule is O=C(CCC(=O)Nc1ccccc1)NCc1nncn1C1CCCCC1. The molecule has 2 amide bonds. The van der Waals surface area contributed by atoms with E-state index in [0.717, 1.165) is 24.4 Å². The quantitative estimate of drug-likeness (QED) is 0.799. The van der Waals surface area contributed by atoms with Crippen LogP contribution in [-0.4, -0.2) is 26.6 Å². The number of anilines is 1. The summed E-state index contributed by atoms with van der Waals surface area (Å²) in [5.74, 6) is 0.446. The lowest BCUT2D eigenvalue weighted by atomic mass is 9.95. The molecule has 2 aromatic rings. The molecule has 0 saturated heterocycles. The lowest BCUT2D eigenvalue weighted by Gasteiger charge is -2.24. The van der Waals surface area contributed by atoms with Gasteiger partial charge in [0.1, 0.15) is 6.33 Å². The molecule has 1 aromatic heterocycles. The third-order valence-electron chi connectivity index (χ3n) is 4.70. The fourth-order valence-electron chi connectivity index (χ4n) is 3.30. The Kier molecular flexibility index (Phi) is 6.35. The van der Waals surface area contributed by atoms with Gasteiger partial charge in [0.25, 0.3) is 0 Å². The minimum absolute atomic E-state index is 0.149. The van der Waals surface area contributed by atoms with Crippen LogP contribution in [0, 0.1) is 0 Å². The van der Waals surface area contributed by atoms with Gasteiger partial charge in [0, 0.05) is 24.6 Å². The van der Waals surface area contributed by atoms with Gasteiger partial charge >= 0.3 is 0 Å². The van der Waals surface area contributed by atoms with Crippen molar-refractivity contribution in [3.05, 3.63) is 42.5 Å². The molecule has 3 rings (SSSR count). The number of para-hydroxylation sites is 1. The monoisotopic (exact) mass is 355 g/mol. The van der Waals surface area contributed by atoms with Gasteiger partial charge in [-0.3, -0.25) is 9.59 Å². The first-order valence-corrected chi connectivity index (χ1v) is 9.22. The van der Waals surface area contributed by atoms with Crippen molar-refractivity contribution in [3.63, 3.8) is 0 Å². The zero-order chi connectivity index (χ0) is 18.2. The van der Waals surface area contributed by atoms with Crippen molar-refractivity contribution in [2.24, 2.45) is 0 Å². The summed E-state index contributed by atoms with van der Waals surface area (Å²) in [4.78, 5) is 23.9. The van der Waals surface area contributed by atoms with Crippen molar-refractivity contribution in [1.82, 2.24) is 20.1 Å². The normalized spacial score (nSPS) is 14.8. The number of rotatable bonds is 7. The van der Waals surface area contributed by atoms with Crippen molar-refractivity contribution in [1.29, 1.82) is 0 Å². The molecule has 7 nitrogen and oxygen atoms in total. The topological polar surface area (TPSA) is 88.9 Å². The lowest BCUT2D eigenvalue weighted by molar-refractivity contribution is -0.124. The first-order chi connectivity index (χ1) is 12.7. The van der Waals surface area contributed by atoms with Crippen molar-refractivity contribution < 1.29 is 9.59 Å². The Hall–Kier alpha value is -2.70. The average molecular weight is 355 g/mol. The smallest absolute Gasteiger partial charge is 0.224 e. The van der Waals surface area contributed by atoms with Crippen LogP contribution in [0.25, 0.3) is 0 Å². The largest absolute Gasteiger partial charge is 0.349 e. The van der Waals surface area contributed by atoms with Crippen LogP contribution in [0.3, 0.4) is 0 Å². The first-order valence-electron chi connectivity index (χ1n) is 9.22. The molecule has 0 bridgehead atoms. The summed E-state index contributed by atoms with van der Waals surface area (Å²) < 4.78 is 2.08. The van der Waals surface area contributed by atoms with Crippen LogP contribution >= 0.6 is 0 Å². The maximum Gasteiger partial charge on any atom is 0.224 e. The number of nitrogens with zero attached hydrogens (tertiary/aromatic N) is 3. The van der Waals surface area contributed by atoms with Crippen LogP contribution in [0.2, 0.25) is 0 Å². The van der Waals surface area contributed by atoms with Gasteiger partial charge in [-0.1, -0.05) is 37.5 Å². The van der Waals surface area contributed by atoms with Crippen molar-refractivity contribution in [2.75, 3.05) is 5.32 Å². The molecular formula is C19H25N5O2. The highest BCUT2D eigenvalue weighted by Crippen LogP contribution is 2.28. The Morgan fingerprint density at radius 1 is 1.04 bits per heavy atom. The number of benzene rings is 1. The summed E-state index contributed by atoms with van der Waals surface area (Å²) in [6.07, 6.45) is 8.07. The predicted molar refractivity (Wildman–Crippen MR) is 98.3 cm³/mol. The van der Waals surface area contributed by atoms with Gasteiger partial charge in [0.05, 0.1) is 6.54 Å². The van der Waals surface area contributed by atoms with E-state index in [9.17, 15) is 9.59 Å². The van der Waals surface area contributed by atoms with Crippen LogP contribution in [0.1, 0.15) is 56.8 Å². The van der Waals surface area contributed by atoms with Crippen LogP contribution < -0.4 is 10.6 Å². The molecule has 7 heteroatoms. The van der Waals surface area contributed by atoms with E-state index in [2.05, 4.69) is 25.4 Å². The molecule has 1 aliphatic carbocycles. The van der Waals surface area contributed by atoms with Gasteiger partial charge in [-0.2, -0.15) is 0 Å². The van der Waals surface area contributed by atoms with E-state index in [1.807, 2.05) is 30.3 Å². The molecule has 1 aliphatic rings.